The molecule has 1 fully saturated rings. The molecule has 0 bridgehead atoms. The molecule has 0 saturated heterocycles. The van der Waals surface area contributed by atoms with Gasteiger partial charge in [0.05, 0.1) is 18.3 Å². The highest BCUT2D eigenvalue weighted by molar-refractivity contribution is 4.73. The van der Waals surface area contributed by atoms with Crippen LogP contribution in [-0.2, 0) is 4.74 Å². The van der Waals surface area contributed by atoms with Crippen molar-refractivity contribution in [3.63, 3.8) is 0 Å². The van der Waals surface area contributed by atoms with E-state index in [4.69, 9.17) is 10.5 Å². The molecule has 3 nitrogen and oxygen atoms in total. The Bertz CT molecular complexity index is 179. The minimum absolute atomic E-state index is 0.114. The van der Waals surface area contributed by atoms with Crippen molar-refractivity contribution in [3.05, 3.63) is 0 Å². The molecule has 0 aliphatic heterocycles. The van der Waals surface area contributed by atoms with Crippen molar-refractivity contribution in [1.82, 2.24) is 0 Å². The van der Waals surface area contributed by atoms with Crippen LogP contribution in [0.15, 0.2) is 0 Å². The van der Waals surface area contributed by atoms with E-state index in [-0.39, 0.29) is 12.2 Å². The van der Waals surface area contributed by atoms with Crippen LogP contribution in [0.4, 0.5) is 0 Å². The minimum Gasteiger partial charge on any atom is -0.391 e. The fourth-order valence-corrected chi connectivity index (χ4v) is 2.42. The average Bonchev–Trinajstić information content (AvgIpc) is 2.29. The zero-order chi connectivity index (χ0) is 12.0. The third-order valence-electron chi connectivity index (χ3n) is 3.67. The maximum atomic E-state index is 9.41. The highest BCUT2D eigenvalue weighted by atomic mass is 16.5. The zero-order valence-electron chi connectivity index (χ0n) is 10.7. The van der Waals surface area contributed by atoms with Crippen LogP contribution >= 0.6 is 0 Å². The molecule has 1 aliphatic rings. The SMILES string of the molecule is CC(O)C(C)OC(CN)CC1CCCCC1. The summed E-state index contributed by atoms with van der Waals surface area (Å²) in [7, 11) is 0. The van der Waals surface area contributed by atoms with Gasteiger partial charge in [-0.15, -0.1) is 0 Å². The first-order valence-corrected chi connectivity index (χ1v) is 6.67. The van der Waals surface area contributed by atoms with Crippen molar-refractivity contribution >= 4 is 0 Å². The third-order valence-corrected chi connectivity index (χ3v) is 3.67. The van der Waals surface area contributed by atoms with Gasteiger partial charge < -0.3 is 15.6 Å². The van der Waals surface area contributed by atoms with Crippen molar-refractivity contribution < 1.29 is 9.84 Å². The van der Waals surface area contributed by atoms with Gasteiger partial charge in [0.25, 0.3) is 0 Å². The number of aliphatic hydroxyl groups is 1. The Balaban J connectivity index is 2.29. The first kappa shape index (κ1) is 13.9. The third kappa shape index (κ3) is 4.81. The van der Waals surface area contributed by atoms with Crippen LogP contribution in [0.2, 0.25) is 0 Å². The summed E-state index contributed by atoms with van der Waals surface area (Å²) in [6, 6.07) is 0. The predicted molar refractivity (Wildman–Crippen MR) is 66.3 cm³/mol. The number of ether oxygens (including phenoxy) is 1. The van der Waals surface area contributed by atoms with Crippen LogP contribution in [0.5, 0.6) is 0 Å². The van der Waals surface area contributed by atoms with E-state index in [1.807, 2.05) is 6.92 Å². The van der Waals surface area contributed by atoms with Gasteiger partial charge in [-0.3, -0.25) is 0 Å². The molecular weight excluding hydrogens is 202 g/mol. The maximum Gasteiger partial charge on any atom is 0.0807 e. The second-order valence-electron chi connectivity index (χ2n) is 5.18. The minimum atomic E-state index is -0.416. The van der Waals surface area contributed by atoms with Gasteiger partial charge in [-0.1, -0.05) is 32.1 Å². The molecule has 0 aromatic heterocycles. The number of hydrogen-bond donors (Lipinski definition) is 2. The van der Waals surface area contributed by atoms with Crippen molar-refractivity contribution in [2.45, 2.75) is 70.7 Å². The molecule has 16 heavy (non-hydrogen) atoms. The molecule has 0 radical (unpaired) electrons. The molecular formula is C13H27NO2. The molecule has 0 spiro atoms. The quantitative estimate of drug-likeness (QED) is 0.733. The summed E-state index contributed by atoms with van der Waals surface area (Å²) >= 11 is 0. The molecule has 0 heterocycles. The molecule has 3 N–H and O–H groups in total. The van der Waals surface area contributed by atoms with Crippen LogP contribution in [0, 0.1) is 5.92 Å². The highest BCUT2D eigenvalue weighted by Gasteiger charge is 2.21. The van der Waals surface area contributed by atoms with Crippen molar-refractivity contribution in [2.24, 2.45) is 11.7 Å². The van der Waals surface area contributed by atoms with Gasteiger partial charge >= 0.3 is 0 Å². The molecule has 0 amide bonds. The van der Waals surface area contributed by atoms with E-state index in [1.54, 1.807) is 6.92 Å². The molecule has 0 aromatic carbocycles. The molecule has 1 rings (SSSR count). The van der Waals surface area contributed by atoms with Gasteiger partial charge in [-0.05, 0) is 26.2 Å². The van der Waals surface area contributed by atoms with Crippen molar-refractivity contribution in [3.8, 4) is 0 Å². The Labute approximate surface area is 99.4 Å². The van der Waals surface area contributed by atoms with Crippen LogP contribution in [0.25, 0.3) is 0 Å². The molecule has 3 atom stereocenters. The lowest BCUT2D eigenvalue weighted by Crippen LogP contribution is -2.34. The number of nitrogens with two attached hydrogens (primary N) is 1. The monoisotopic (exact) mass is 229 g/mol. The fourth-order valence-electron chi connectivity index (χ4n) is 2.42. The fraction of sp³-hybridized carbons (Fsp3) is 1.00. The van der Waals surface area contributed by atoms with E-state index in [1.165, 1.54) is 32.1 Å². The van der Waals surface area contributed by atoms with E-state index in [9.17, 15) is 5.11 Å². The summed E-state index contributed by atoms with van der Waals surface area (Å²) in [5.74, 6) is 0.781. The van der Waals surface area contributed by atoms with Gasteiger partial charge in [0.15, 0.2) is 0 Å². The average molecular weight is 229 g/mol. The topological polar surface area (TPSA) is 55.5 Å². The summed E-state index contributed by atoms with van der Waals surface area (Å²) in [5.41, 5.74) is 5.73. The number of aliphatic hydroxyl groups excluding tert-OH is 1. The zero-order valence-corrected chi connectivity index (χ0v) is 10.7. The summed E-state index contributed by atoms with van der Waals surface area (Å²) in [6.07, 6.45) is 7.39. The highest BCUT2D eigenvalue weighted by Crippen LogP contribution is 2.28. The second-order valence-corrected chi connectivity index (χ2v) is 5.18. The van der Waals surface area contributed by atoms with Gasteiger partial charge in [0.2, 0.25) is 0 Å². The molecule has 0 aromatic rings. The van der Waals surface area contributed by atoms with E-state index >= 15 is 0 Å². The van der Waals surface area contributed by atoms with E-state index < -0.39 is 6.10 Å². The van der Waals surface area contributed by atoms with Crippen molar-refractivity contribution in [2.75, 3.05) is 6.54 Å². The van der Waals surface area contributed by atoms with E-state index in [2.05, 4.69) is 0 Å². The Morgan fingerprint density at radius 2 is 1.88 bits per heavy atom. The lowest BCUT2D eigenvalue weighted by Gasteiger charge is -2.28. The van der Waals surface area contributed by atoms with E-state index in [0.29, 0.717) is 6.54 Å². The maximum absolute atomic E-state index is 9.41. The smallest absolute Gasteiger partial charge is 0.0807 e. The standard InChI is InChI=1S/C13H27NO2/c1-10(15)11(2)16-13(9-14)8-12-6-4-3-5-7-12/h10-13,15H,3-9,14H2,1-2H3. The molecule has 1 saturated carbocycles. The summed E-state index contributed by atoms with van der Waals surface area (Å²) < 4.78 is 5.79. The molecule has 3 heteroatoms. The normalized spacial score (nSPS) is 24.0. The van der Waals surface area contributed by atoms with Crippen LogP contribution in [0.3, 0.4) is 0 Å². The lowest BCUT2D eigenvalue weighted by atomic mass is 9.85. The Hall–Kier alpha value is -0.120. The largest absolute Gasteiger partial charge is 0.391 e. The summed E-state index contributed by atoms with van der Waals surface area (Å²) in [6.45, 7) is 4.24. The van der Waals surface area contributed by atoms with Crippen molar-refractivity contribution in [1.29, 1.82) is 0 Å². The van der Waals surface area contributed by atoms with Crippen LogP contribution in [-0.4, -0.2) is 30.0 Å². The lowest BCUT2D eigenvalue weighted by molar-refractivity contribution is -0.0661. The van der Waals surface area contributed by atoms with Gasteiger partial charge in [-0.2, -0.15) is 0 Å². The molecule has 96 valence electrons. The Morgan fingerprint density at radius 1 is 1.25 bits per heavy atom. The molecule has 1 aliphatic carbocycles. The summed E-state index contributed by atoms with van der Waals surface area (Å²) in [4.78, 5) is 0. The first-order chi connectivity index (χ1) is 7.63. The van der Waals surface area contributed by atoms with E-state index in [0.717, 1.165) is 12.3 Å². The summed E-state index contributed by atoms with van der Waals surface area (Å²) in [5, 5.41) is 9.41. The van der Waals surface area contributed by atoms with Gasteiger partial charge in [0.1, 0.15) is 0 Å². The number of rotatable bonds is 6. The van der Waals surface area contributed by atoms with Crippen LogP contribution < -0.4 is 5.73 Å². The molecule has 3 unspecified atom stereocenters. The Kier molecular flexibility index (Phi) is 6.32. The van der Waals surface area contributed by atoms with Crippen LogP contribution in [0.1, 0.15) is 52.4 Å². The van der Waals surface area contributed by atoms with Gasteiger partial charge in [0, 0.05) is 6.54 Å². The second kappa shape index (κ2) is 7.25. The number of hydrogen-bond acceptors (Lipinski definition) is 3. The first-order valence-electron chi connectivity index (χ1n) is 6.67. The predicted octanol–water partition coefficient (Wildman–Crippen LogP) is 2.07. The van der Waals surface area contributed by atoms with Gasteiger partial charge in [-0.25, -0.2) is 0 Å². The Morgan fingerprint density at radius 3 is 2.38 bits per heavy atom.